The first kappa shape index (κ1) is 24.7. The molecule has 0 unspecified atom stereocenters. The van der Waals surface area contributed by atoms with Crippen molar-refractivity contribution < 1.29 is 18.0 Å². The molecule has 4 nitrogen and oxygen atoms in total. The second kappa shape index (κ2) is 11.3. The lowest BCUT2D eigenvalue weighted by Gasteiger charge is -2.24. The van der Waals surface area contributed by atoms with Gasteiger partial charge in [-0.05, 0) is 54.4 Å². The van der Waals surface area contributed by atoms with Crippen LogP contribution in [-0.2, 0) is 19.3 Å². The monoisotopic (exact) mass is 477 g/mol. The number of amides is 2. The van der Waals surface area contributed by atoms with Gasteiger partial charge < -0.3 is 14.8 Å². The van der Waals surface area contributed by atoms with Crippen LogP contribution in [-0.4, -0.2) is 22.0 Å². The summed E-state index contributed by atoms with van der Waals surface area (Å²) >= 11 is 6.10. The van der Waals surface area contributed by atoms with Crippen molar-refractivity contribution in [3.8, 4) is 0 Å². The molecule has 0 saturated carbocycles. The molecule has 1 aromatic heterocycles. The van der Waals surface area contributed by atoms with Gasteiger partial charge in [-0.2, -0.15) is 13.2 Å². The molecule has 2 amide bonds. The van der Waals surface area contributed by atoms with E-state index in [4.69, 9.17) is 11.6 Å². The van der Waals surface area contributed by atoms with Gasteiger partial charge in [-0.15, -0.1) is 0 Å². The Morgan fingerprint density at radius 3 is 2.58 bits per heavy atom. The van der Waals surface area contributed by atoms with Gasteiger partial charge in [-0.25, -0.2) is 4.79 Å². The third-order valence-corrected chi connectivity index (χ3v) is 5.51. The molecule has 3 rings (SSSR count). The SMILES string of the molecule is CCCCCN(Cc1cccn1Cc1cccc(Cl)c1)C(=O)Nc1cccc(C(F)(F)F)c1. The molecule has 8 heteroatoms. The van der Waals surface area contributed by atoms with Crippen LogP contribution in [0.4, 0.5) is 23.7 Å². The number of unbranched alkanes of at least 4 members (excludes halogenated alkanes) is 2. The number of nitrogens with zero attached hydrogens (tertiary/aromatic N) is 2. The van der Waals surface area contributed by atoms with E-state index in [2.05, 4.69) is 12.2 Å². The standard InChI is InChI=1S/C25H27ClF3N3O/c1-2-3-4-13-32(24(33)30-22-11-6-9-20(16-22)25(27,28)29)18-23-12-7-14-31(23)17-19-8-5-10-21(26)15-19/h5-12,14-16H,2-4,13,17-18H2,1H3,(H,30,33). The summed E-state index contributed by atoms with van der Waals surface area (Å²) in [5.41, 5.74) is 1.27. The second-order valence-electron chi connectivity index (χ2n) is 7.89. The Morgan fingerprint density at radius 2 is 1.85 bits per heavy atom. The highest BCUT2D eigenvalue weighted by atomic mass is 35.5. The van der Waals surface area contributed by atoms with Crippen molar-refractivity contribution >= 4 is 23.3 Å². The topological polar surface area (TPSA) is 37.3 Å². The van der Waals surface area contributed by atoms with Crippen molar-refractivity contribution in [2.24, 2.45) is 0 Å². The highest BCUT2D eigenvalue weighted by Crippen LogP contribution is 2.30. The predicted octanol–water partition coefficient (Wildman–Crippen LogP) is 7.43. The fraction of sp³-hybridized carbons (Fsp3) is 0.320. The van der Waals surface area contributed by atoms with Gasteiger partial charge in [0, 0.05) is 35.7 Å². The van der Waals surface area contributed by atoms with E-state index in [1.165, 1.54) is 12.1 Å². The van der Waals surface area contributed by atoms with Crippen LogP contribution in [0.2, 0.25) is 5.02 Å². The minimum absolute atomic E-state index is 0.115. The van der Waals surface area contributed by atoms with Crippen LogP contribution >= 0.6 is 11.6 Å². The third-order valence-electron chi connectivity index (χ3n) is 5.28. The highest BCUT2D eigenvalue weighted by molar-refractivity contribution is 6.30. The Bertz CT molecular complexity index is 1060. The molecule has 3 aromatic rings. The fourth-order valence-electron chi connectivity index (χ4n) is 3.56. The number of benzene rings is 2. The van der Waals surface area contributed by atoms with Gasteiger partial charge in [0.05, 0.1) is 12.1 Å². The predicted molar refractivity (Wildman–Crippen MR) is 125 cm³/mol. The average molecular weight is 478 g/mol. The van der Waals surface area contributed by atoms with Crippen LogP contribution in [0.5, 0.6) is 0 Å². The van der Waals surface area contributed by atoms with Gasteiger partial charge in [0.15, 0.2) is 0 Å². The van der Waals surface area contributed by atoms with E-state index < -0.39 is 17.8 Å². The maximum Gasteiger partial charge on any atom is 0.416 e. The van der Waals surface area contributed by atoms with Crippen LogP contribution in [0.25, 0.3) is 0 Å². The maximum absolute atomic E-state index is 13.0. The number of hydrogen-bond acceptors (Lipinski definition) is 1. The number of halogens is 4. The van der Waals surface area contributed by atoms with E-state index in [0.29, 0.717) is 24.7 Å². The molecule has 0 atom stereocenters. The first-order chi connectivity index (χ1) is 15.8. The largest absolute Gasteiger partial charge is 0.416 e. The zero-order valence-electron chi connectivity index (χ0n) is 18.4. The summed E-state index contributed by atoms with van der Waals surface area (Å²) in [4.78, 5) is 14.7. The average Bonchev–Trinajstić information content (AvgIpc) is 3.19. The summed E-state index contributed by atoms with van der Waals surface area (Å²) in [6, 6.07) is 15.7. The molecule has 0 bridgehead atoms. The summed E-state index contributed by atoms with van der Waals surface area (Å²) in [6.07, 6.45) is 0.223. The Morgan fingerprint density at radius 1 is 1.06 bits per heavy atom. The Kier molecular flexibility index (Phi) is 8.44. The van der Waals surface area contributed by atoms with Crippen molar-refractivity contribution in [2.45, 2.75) is 45.5 Å². The summed E-state index contributed by atoms with van der Waals surface area (Å²) in [5.74, 6) is 0. The van der Waals surface area contributed by atoms with E-state index in [1.54, 1.807) is 4.90 Å². The number of nitrogens with one attached hydrogen (secondary N) is 1. The van der Waals surface area contributed by atoms with Gasteiger partial charge in [0.1, 0.15) is 0 Å². The molecule has 0 spiro atoms. The second-order valence-corrected chi connectivity index (χ2v) is 8.33. The normalized spacial score (nSPS) is 11.4. The number of aromatic nitrogens is 1. The number of urea groups is 1. The summed E-state index contributed by atoms with van der Waals surface area (Å²) in [5, 5.41) is 3.29. The number of anilines is 1. The molecule has 1 heterocycles. The first-order valence-electron chi connectivity index (χ1n) is 10.9. The lowest BCUT2D eigenvalue weighted by Crippen LogP contribution is -2.36. The minimum Gasteiger partial charge on any atom is -0.345 e. The summed E-state index contributed by atoms with van der Waals surface area (Å²) in [7, 11) is 0. The third kappa shape index (κ3) is 7.29. The van der Waals surface area contributed by atoms with E-state index in [1.807, 2.05) is 47.2 Å². The minimum atomic E-state index is -4.47. The smallest absolute Gasteiger partial charge is 0.345 e. The van der Waals surface area contributed by atoms with E-state index in [9.17, 15) is 18.0 Å². The Hall–Kier alpha value is -2.93. The quantitative estimate of drug-likeness (QED) is 0.319. The lowest BCUT2D eigenvalue weighted by atomic mass is 10.2. The number of rotatable bonds is 9. The molecule has 1 N–H and O–H groups in total. The molecule has 0 aliphatic heterocycles. The van der Waals surface area contributed by atoms with Crippen molar-refractivity contribution in [3.05, 3.63) is 88.7 Å². The summed E-state index contributed by atoms with van der Waals surface area (Å²) < 4.78 is 41.1. The Balaban J connectivity index is 1.75. The van der Waals surface area contributed by atoms with Crippen LogP contribution in [0.15, 0.2) is 66.9 Å². The molecule has 176 valence electrons. The Labute approximate surface area is 197 Å². The number of hydrogen-bond donors (Lipinski definition) is 1. The lowest BCUT2D eigenvalue weighted by molar-refractivity contribution is -0.137. The van der Waals surface area contributed by atoms with Gasteiger partial charge in [-0.1, -0.05) is 49.6 Å². The van der Waals surface area contributed by atoms with Gasteiger partial charge in [0.2, 0.25) is 0 Å². The van der Waals surface area contributed by atoms with Crippen molar-refractivity contribution in [1.82, 2.24) is 9.47 Å². The first-order valence-corrected chi connectivity index (χ1v) is 11.3. The zero-order chi connectivity index (χ0) is 23.8. The molecule has 0 fully saturated rings. The van der Waals surface area contributed by atoms with E-state index in [-0.39, 0.29) is 5.69 Å². The number of alkyl halides is 3. The molecule has 0 radical (unpaired) electrons. The van der Waals surface area contributed by atoms with Crippen LogP contribution < -0.4 is 5.32 Å². The molecule has 0 aliphatic carbocycles. The molecule has 2 aromatic carbocycles. The van der Waals surface area contributed by atoms with Crippen LogP contribution in [0.1, 0.15) is 43.0 Å². The van der Waals surface area contributed by atoms with Crippen LogP contribution in [0, 0.1) is 0 Å². The molecule has 33 heavy (non-hydrogen) atoms. The number of carbonyl (C=O) groups is 1. The number of carbonyl (C=O) groups excluding carboxylic acids is 1. The highest BCUT2D eigenvalue weighted by Gasteiger charge is 2.30. The molecule has 0 aliphatic rings. The van der Waals surface area contributed by atoms with E-state index >= 15 is 0 Å². The van der Waals surface area contributed by atoms with Gasteiger partial charge in [0.25, 0.3) is 0 Å². The van der Waals surface area contributed by atoms with Crippen molar-refractivity contribution in [1.29, 1.82) is 0 Å². The zero-order valence-corrected chi connectivity index (χ0v) is 19.2. The van der Waals surface area contributed by atoms with Crippen molar-refractivity contribution in [2.75, 3.05) is 11.9 Å². The molecule has 0 saturated heterocycles. The van der Waals surface area contributed by atoms with Crippen LogP contribution in [0.3, 0.4) is 0 Å². The molecular weight excluding hydrogens is 451 g/mol. The summed E-state index contributed by atoms with van der Waals surface area (Å²) in [6.45, 7) is 3.51. The van der Waals surface area contributed by atoms with Crippen molar-refractivity contribution in [3.63, 3.8) is 0 Å². The fourth-order valence-corrected chi connectivity index (χ4v) is 3.77. The van der Waals surface area contributed by atoms with Gasteiger partial charge in [-0.3, -0.25) is 0 Å². The maximum atomic E-state index is 13.0. The molecular formula is C25H27ClF3N3O. The van der Waals surface area contributed by atoms with Gasteiger partial charge >= 0.3 is 12.2 Å². The van der Waals surface area contributed by atoms with E-state index in [0.717, 1.165) is 42.7 Å².